The molecule has 98 valence electrons. The summed E-state index contributed by atoms with van der Waals surface area (Å²) in [6.45, 7) is 2.18. The summed E-state index contributed by atoms with van der Waals surface area (Å²) >= 11 is 0.789. The number of carboxylic acid groups (broad SMARTS) is 1. The van der Waals surface area contributed by atoms with E-state index in [1.54, 1.807) is 6.92 Å². The smallest absolute Gasteiger partial charge is 0.324 e. The van der Waals surface area contributed by atoms with E-state index in [2.05, 4.69) is 0 Å². The quantitative estimate of drug-likeness (QED) is 0.626. The summed E-state index contributed by atoms with van der Waals surface area (Å²) in [6, 6.07) is 2.65. The van der Waals surface area contributed by atoms with Crippen LogP contribution in [0.15, 0.2) is 12.1 Å². The molecule has 0 aliphatic rings. The van der Waals surface area contributed by atoms with E-state index in [-0.39, 0.29) is 28.8 Å². The normalized spacial score (nSPS) is 10.1. The Kier molecular flexibility index (Phi) is 4.78. The van der Waals surface area contributed by atoms with Gasteiger partial charge in [0, 0.05) is 19.2 Å². The van der Waals surface area contributed by atoms with E-state index in [1.807, 2.05) is 0 Å². The number of aliphatic carboxylic acids is 1. The number of carbonyl (C=O) groups excluding carboxylic acids is 1. The first-order chi connectivity index (χ1) is 8.45. The Morgan fingerprint density at radius 1 is 1.50 bits per heavy atom. The molecule has 0 radical (unpaired) electrons. The second-order valence-corrected chi connectivity index (χ2v) is 4.49. The minimum Gasteiger partial charge on any atom is -0.481 e. The number of hydrogen-bond donors (Lipinski definition) is 1. The highest BCUT2D eigenvalue weighted by molar-refractivity contribution is 7.17. The van der Waals surface area contributed by atoms with Gasteiger partial charge >= 0.3 is 11.0 Å². The maximum Gasteiger partial charge on any atom is 0.324 e. The van der Waals surface area contributed by atoms with E-state index in [4.69, 9.17) is 5.11 Å². The number of amides is 1. The summed E-state index contributed by atoms with van der Waals surface area (Å²) in [7, 11) is 0. The topological polar surface area (TPSA) is 101 Å². The molecule has 0 unspecified atom stereocenters. The average Bonchev–Trinajstić information content (AvgIpc) is 2.78. The van der Waals surface area contributed by atoms with Gasteiger partial charge in [-0.1, -0.05) is 11.3 Å². The van der Waals surface area contributed by atoms with Crippen LogP contribution in [-0.2, 0) is 4.79 Å². The van der Waals surface area contributed by atoms with Crippen LogP contribution in [0.1, 0.15) is 23.0 Å². The summed E-state index contributed by atoms with van der Waals surface area (Å²) in [5.41, 5.74) is 0. The van der Waals surface area contributed by atoms with Gasteiger partial charge in [-0.3, -0.25) is 19.7 Å². The molecule has 8 heteroatoms. The third-order valence-electron chi connectivity index (χ3n) is 2.25. The maximum atomic E-state index is 11.9. The van der Waals surface area contributed by atoms with Crippen molar-refractivity contribution < 1.29 is 19.6 Å². The van der Waals surface area contributed by atoms with Crippen LogP contribution in [0.25, 0.3) is 0 Å². The number of carbonyl (C=O) groups is 2. The van der Waals surface area contributed by atoms with Gasteiger partial charge in [-0.05, 0) is 13.0 Å². The highest BCUT2D eigenvalue weighted by Gasteiger charge is 2.20. The largest absolute Gasteiger partial charge is 0.481 e. The standard InChI is InChI=1S/C10H12N2O5S/c1-2-11(6-5-9(13)14)10(15)7-3-4-8(18-7)12(16)17/h3-4H,2,5-6H2,1H3,(H,13,14). The summed E-state index contributed by atoms with van der Waals surface area (Å²) < 4.78 is 0. The second kappa shape index (κ2) is 6.10. The molecule has 0 spiro atoms. The summed E-state index contributed by atoms with van der Waals surface area (Å²) in [5.74, 6) is -1.37. The Balaban J connectivity index is 2.76. The molecule has 0 saturated heterocycles. The van der Waals surface area contributed by atoms with Crippen LogP contribution in [0, 0.1) is 10.1 Å². The highest BCUT2D eigenvalue weighted by Crippen LogP contribution is 2.25. The fourth-order valence-corrected chi connectivity index (χ4v) is 2.12. The van der Waals surface area contributed by atoms with Gasteiger partial charge in [0.15, 0.2) is 0 Å². The van der Waals surface area contributed by atoms with Crippen molar-refractivity contribution in [2.24, 2.45) is 0 Å². The van der Waals surface area contributed by atoms with Gasteiger partial charge < -0.3 is 10.0 Å². The minimum atomic E-state index is -0.988. The molecule has 7 nitrogen and oxygen atoms in total. The van der Waals surface area contributed by atoms with Crippen molar-refractivity contribution in [3.63, 3.8) is 0 Å². The van der Waals surface area contributed by atoms with Crippen LogP contribution in [-0.4, -0.2) is 39.9 Å². The van der Waals surface area contributed by atoms with Crippen molar-refractivity contribution in [2.45, 2.75) is 13.3 Å². The molecule has 18 heavy (non-hydrogen) atoms. The molecule has 0 atom stereocenters. The highest BCUT2D eigenvalue weighted by atomic mass is 32.1. The molecule has 0 bridgehead atoms. The molecule has 0 aliphatic heterocycles. The number of nitrogens with zero attached hydrogens (tertiary/aromatic N) is 2. The van der Waals surface area contributed by atoms with Crippen molar-refractivity contribution in [3.8, 4) is 0 Å². The molecule has 0 aromatic carbocycles. The van der Waals surface area contributed by atoms with Crippen molar-refractivity contribution in [3.05, 3.63) is 27.1 Å². The lowest BCUT2D eigenvalue weighted by Crippen LogP contribution is -2.32. The average molecular weight is 272 g/mol. The number of rotatable bonds is 6. The van der Waals surface area contributed by atoms with Gasteiger partial charge in [-0.25, -0.2) is 0 Å². The van der Waals surface area contributed by atoms with Gasteiger partial charge in [0.25, 0.3) is 5.91 Å². The molecular formula is C10H12N2O5S. The predicted molar refractivity (Wildman–Crippen MR) is 64.8 cm³/mol. The zero-order valence-corrected chi connectivity index (χ0v) is 10.5. The molecule has 1 aromatic heterocycles. The van der Waals surface area contributed by atoms with Crippen molar-refractivity contribution in [1.82, 2.24) is 4.90 Å². The summed E-state index contributed by atoms with van der Waals surface area (Å²) in [6.07, 6.45) is -0.146. The maximum absolute atomic E-state index is 11.9. The van der Waals surface area contributed by atoms with Crippen LogP contribution in [0.2, 0.25) is 0 Å². The number of hydrogen-bond acceptors (Lipinski definition) is 5. The van der Waals surface area contributed by atoms with E-state index >= 15 is 0 Å². The van der Waals surface area contributed by atoms with E-state index in [9.17, 15) is 19.7 Å². The molecule has 1 amide bonds. The third kappa shape index (κ3) is 3.52. The van der Waals surface area contributed by atoms with Crippen LogP contribution in [0.4, 0.5) is 5.00 Å². The number of nitro groups is 1. The van der Waals surface area contributed by atoms with Crippen molar-refractivity contribution in [1.29, 1.82) is 0 Å². The molecule has 1 N–H and O–H groups in total. The first-order valence-corrected chi connectivity index (χ1v) is 6.02. The van der Waals surface area contributed by atoms with E-state index in [0.29, 0.717) is 6.54 Å². The Morgan fingerprint density at radius 2 is 2.17 bits per heavy atom. The molecule has 0 saturated carbocycles. The molecule has 0 aliphatic carbocycles. The van der Waals surface area contributed by atoms with E-state index in [0.717, 1.165) is 11.3 Å². The van der Waals surface area contributed by atoms with Gasteiger partial charge in [0.1, 0.15) is 0 Å². The zero-order chi connectivity index (χ0) is 13.7. The predicted octanol–water partition coefficient (Wildman–Crippen LogP) is 1.59. The monoisotopic (exact) mass is 272 g/mol. The van der Waals surface area contributed by atoms with Crippen LogP contribution >= 0.6 is 11.3 Å². The first-order valence-electron chi connectivity index (χ1n) is 5.21. The molecule has 1 aromatic rings. The summed E-state index contributed by atoms with van der Waals surface area (Å²) in [5, 5.41) is 19.0. The Bertz CT molecular complexity index is 471. The number of carboxylic acids is 1. The Morgan fingerprint density at radius 3 is 2.61 bits per heavy atom. The molecule has 0 fully saturated rings. The fourth-order valence-electron chi connectivity index (χ4n) is 1.33. The van der Waals surface area contributed by atoms with Crippen molar-refractivity contribution in [2.75, 3.05) is 13.1 Å². The summed E-state index contributed by atoms with van der Waals surface area (Å²) in [4.78, 5) is 33.9. The van der Waals surface area contributed by atoms with Crippen molar-refractivity contribution >= 4 is 28.2 Å². The van der Waals surface area contributed by atoms with Crippen LogP contribution in [0.5, 0.6) is 0 Å². The lowest BCUT2D eigenvalue weighted by molar-refractivity contribution is -0.380. The lowest BCUT2D eigenvalue weighted by atomic mass is 10.3. The van der Waals surface area contributed by atoms with Crippen LogP contribution in [0.3, 0.4) is 0 Å². The van der Waals surface area contributed by atoms with Gasteiger partial charge in [-0.2, -0.15) is 0 Å². The molecule has 1 heterocycles. The Labute approximate surface area is 107 Å². The SMILES string of the molecule is CCN(CCC(=O)O)C(=O)c1ccc([N+](=O)[O-])s1. The van der Waals surface area contributed by atoms with Gasteiger partial charge in [-0.15, -0.1) is 0 Å². The van der Waals surface area contributed by atoms with Gasteiger partial charge in [0.05, 0.1) is 16.2 Å². The lowest BCUT2D eigenvalue weighted by Gasteiger charge is -2.18. The van der Waals surface area contributed by atoms with E-state index < -0.39 is 10.9 Å². The van der Waals surface area contributed by atoms with Crippen LogP contribution < -0.4 is 0 Å². The zero-order valence-electron chi connectivity index (χ0n) is 9.66. The van der Waals surface area contributed by atoms with Gasteiger partial charge in [0.2, 0.25) is 0 Å². The Hall–Kier alpha value is -1.96. The fraction of sp³-hybridized carbons (Fsp3) is 0.400. The first kappa shape index (κ1) is 14.1. The third-order valence-corrected chi connectivity index (χ3v) is 3.27. The minimum absolute atomic E-state index is 0.0936. The van der Waals surface area contributed by atoms with E-state index in [1.165, 1.54) is 17.0 Å². The number of thiophene rings is 1. The molecule has 1 rings (SSSR count). The molecular weight excluding hydrogens is 260 g/mol. The second-order valence-electron chi connectivity index (χ2n) is 3.42.